The van der Waals surface area contributed by atoms with Gasteiger partial charge in [0.05, 0.1) is 13.2 Å². The molecule has 0 atom stereocenters. The summed E-state index contributed by atoms with van der Waals surface area (Å²) in [6.07, 6.45) is 0.552. The summed E-state index contributed by atoms with van der Waals surface area (Å²) in [7, 11) is 0. The van der Waals surface area contributed by atoms with E-state index in [2.05, 4.69) is 11.0 Å². The van der Waals surface area contributed by atoms with Crippen LogP contribution in [0.25, 0.3) is 6.08 Å². The van der Waals surface area contributed by atoms with Crippen molar-refractivity contribution in [2.45, 2.75) is 19.0 Å². The number of carbonyl (C=O) groups is 1. The van der Waals surface area contributed by atoms with Gasteiger partial charge in [-0.1, -0.05) is 36.4 Å². The smallest absolute Gasteiger partial charge is 0.378 e. The zero-order valence-electron chi connectivity index (χ0n) is 14.3. The first-order valence-electron chi connectivity index (χ1n) is 8.56. The Labute approximate surface area is 150 Å². The van der Waals surface area contributed by atoms with Gasteiger partial charge in [0.2, 0.25) is 0 Å². The van der Waals surface area contributed by atoms with E-state index in [9.17, 15) is 18.0 Å². The highest BCUT2D eigenvalue weighted by Gasteiger charge is 2.36. The summed E-state index contributed by atoms with van der Waals surface area (Å²) in [4.78, 5) is 13.3. The summed E-state index contributed by atoms with van der Waals surface area (Å²) in [5.41, 5.74) is 3.83. The Morgan fingerprint density at radius 3 is 2.42 bits per heavy atom. The maximum Gasteiger partial charge on any atom is 0.454 e. The molecule has 0 amide bonds. The number of rotatable bonds is 4. The number of morpholine rings is 1. The van der Waals surface area contributed by atoms with Gasteiger partial charge in [-0.25, -0.2) is 0 Å². The summed E-state index contributed by atoms with van der Waals surface area (Å²) in [5.74, 6) is -1.83. The fourth-order valence-corrected chi connectivity index (χ4v) is 3.23. The average molecular weight is 363 g/mol. The third kappa shape index (κ3) is 4.43. The van der Waals surface area contributed by atoms with Crippen LogP contribution in [0.1, 0.15) is 18.4 Å². The fraction of sp³-hybridized carbons (Fsp3) is 0.350. The number of nitrogens with zero attached hydrogens (tertiary/aromatic N) is 1. The van der Waals surface area contributed by atoms with Crippen molar-refractivity contribution >= 4 is 11.9 Å². The SMILES string of the molecule is O=C(/C=C\C1=C(N2CCOCC2)C(=C/c2ccccc2)/CC1)C(F)(F)F. The molecule has 138 valence electrons. The molecule has 3 nitrogen and oxygen atoms in total. The zero-order chi connectivity index (χ0) is 18.6. The van der Waals surface area contributed by atoms with Gasteiger partial charge in [-0.2, -0.15) is 13.2 Å². The van der Waals surface area contributed by atoms with Crippen molar-refractivity contribution in [2.24, 2.45) is 0 Å². The molecule has 1 aromatic rings. The minimum Gasteiger partial charge on any atom is -0.378 e. The molecule has 26 heavy (non-hydrogen) atoms. The lowest BCUT2D eigenvalue weighted by Crippen LogP contribution is -2.36. The highest BCUT2D eigenvalue weighted by Crippen LogP contribution is 2.36. The Hall–Kier alpha value is -2.34. The Morgan fingerprint density at radius 1 is 1.08 bits per heavy atom. The van der Waals surface area contributed by atoms with E-state index in [0.717, 1.165) is 28.8 Å². The van der Waals surface area contributed by atoms with E-state index in [1.54, 1.807) is 0 Å². The largest absolute Gasteiger partial charge is 0.454 e. The predicted molar refractivity (Wildman–Crippen MR) is 93.3 cm³/mol. The number of hydrogen-bond acceptors (Lipinski definition) is 3. The van der Waals surface area contributed by atoms with Crippen LogP contribution in [0.4, 0.5) is 13.2 Å². The van der Waals surface area contributed by atoms with Gasteiger partial charge in [-0.05, 0) is 41.7 Å². The van der Waals surface area contributed by atoms with Crippen LogP contribution in [0.2, 0.25) is 0 Å². The summed E-state index contributed by atoms with van der Waals surface area (Å²) in [6.45, 7) is 2.54. The van der Waals surface area contributed by atoms with Crippen LogP contribution in [0.3, 0.4) is 0 Å². The molecule has 1 saturated heterocycles. The number of ether oxygens (including phenoxy) is 1. The first-order valence-corrected chi connectivity index (χ1v) is 8.56. The fourth-order valence-electron chi connectivity index (χ4n) is 3.23. The number of alkyl halides is 3. The van der Waals surface area contributed by atoms with E-state index in [4.69, 9.17) is 4.74 Å². The second-order valence-corrected chi connectivity index (χ2v) is 6.25. The molecule has 1 fully saturated rings. The van der Waals surface area contributed by atoms with Crippen LogP contribution in [0.5, 0.6) is 0 Å². The average Bonchev–Trinajstić information content (AvgIpc) is 3.03. The van der Waals surface area contributed by atoms with E-state index in [0.29, 0.717) is 38.8 Å². The maximum atomic E-state index is 12.5. The van der Waals surface area contributed by atoms with Crippen LogP contribution >= 0.6 is 0 Å². The summed E-state index contributed by atoms with van der Waals surface area (Å²) in [6, 6.07) is 9.81. The molecular weight excluding hydrogens is 343 g/mol. The second-order valence-electron chi connectivity index (χ2n) is 6.25. The minimum absolute atomic E-state index is 0.584. The third-order valence-corrected chi connectivity index (χ3v) is 4.46. The van der Waals surface area contributed by atoms with Gasteiger partial charge in [-0.3, -0.25) is 4.79 Å². The first kappa shape index (κ1) is 18.5. The molecular formula is C20H20F3NO2. The molecule has 1 aromatic carbocycles. The lowest BCUT2D eigenvalue weighted by atomic mass is 10.1. The molecule has 1 aliphatic carbocycles. The van der Waals surface area contributed by atoms with Crippen LogP contribution in [0, 0.1) is 0 Å². The molecule has 6 heteroatoms. The molecule has 2 aliphatic rings. The molecule has 0 unspecified atom stereocenters. The molecule has 0 spiro atoms. The monoisotopic (exact) mass is 363 g/mol. The van der Waals surface area contributed by atoms with E-state index >= 15 is 0 Å². The lowest BCUT2D eigenvalue weighted by Gasteiger charge is -2.31. The number of ketones is 1. The number of benzene rings is 1. The van der Waals surface area contributed by atoms with E-state index in [1.807, 2.05) is 30.3 Å². The highest BCUT2D eigenvalue weighted by molar-refractivity contribution is 5.94. The van der Waals surface area contributed by atoms with Crippen molar-refractivity contribution < 1.29 is 22.7 Å². The molecule has 0 radical (unpaired) electrons. The first-order chi connectivity index (χ1) is 12.4. The Bertz CT molecular complexity index is 742. The standard InChI is InChI=1S/C20H20F3NO2/c21-20(22,23)18(25)9-8-16-6-7-17(14-15-4-2-1-3-5-15)19(16)24-10-12-26-13-11-24/h1-5,8-9,14H,6-7,10-13H2/b9-8-,17-14+. The summed E-state index contributed by atoms with van der Waals surface area (Å²) < 4.78 is 42.8. The van der Waals surface area contributed by atoms with Crippen molar-refractivity contribution in [3.05, 3.63) is 64.9 Å². The van der Waals surface area contributed by atoms with Gasteiger partial charge in [0, 0.05) is 18.8 Å². The number of carbonyl (C=O) groups excluding carboxylic acids is 1. The Morgan fingerprint density at radius 2 is 1.77 bits per heavy atom. The normalized spacial score (nSPS) is 20.4. The van der Waals surface area contributed by atoms with Crippen molar-refractivity contribution in [3.8, 4) is 0 Å². The van der Waals surface area contributed by atoms with Gasteiger partial charge in [0.1, 0.15) is 0 Å². The Kier molecular flexibility index (Phi) is 5.61. The van der Waals surface area contributed by atoms with Crippen molar-refractivity contribution in [1.82, 2.24) is 4.90 Å². The molecule has 0 saturated carbocycles. The van der Waals surface area contributed by atoms with Crippen molar-refractivity contribution in [1.29, 1.82) is 0 Å². The Balaban J connectivity index is 1.93. The summed E-state index contributed by atoms with van der Waals surface area (Å²) in [5, 5.41) is 0. The molecule has 1 aliphatic heterocycles. The zero-order valence-corrected chi connectivity index (χ0v) is 14.3. The van der Waals surface area contributed by atoms with Gasteiger partial charge in [-0.15, -0.1) is 0 Å². The molecule has 3 rings (SSSR count). The lowest BCUT2D eigenvalue weighted by molar-refractivity contribution is -0.165. The topological polar surface area (TPSA) is 29.5 Å². The number of hydrogen-bond donors (Lipinski definition) is 0. The molecule has 0 bridgehead atoms. The van der Waals surface area contributed by atoms with Crippen LogP contribution in [-0.4, -0.2) is 43.2 Å². The van der Waals surface area contributed by atoms with E-state index < -0.39 is 12.0 Å². The number of halogens is 3. The van der Waals surface area contributed by atoms with Crippen LogP contribution < -0.4 is 0 Å². The third-order valence-electron chi connectivity index (χ3n) is 4.46. The quantitative estimate of drug-likeness (QED) is 0.753. The van der Waals surface area contributed by atoms with Crippen molar-refractivity contribution in [3.63, 3.8) is 0 Å². The molecule has 0 N–H and O–H groups in total. The molecule has 0 aromatic heterocycles. The van der Waals surface area contributed by atoms with E-state index in [-0.39, 0.29) is 0 Å². The summed E-state index contributed by atoms with van der Waals surface area (Å²) >= 11 is 0. The van der Waals surface area contributed by atoms with Crippen molar-refractivity contribution in [2.75, 3.05) is 26.3 Å². The van der Waals surface area contributed by atoms with Crippen LogP contribution in [0.15, 0.2) is 59.3 Å². The van der Waals surface area contributed by atoms with Gasteiger partial charge < -0.3 is 9.64 Å². The minimum atomic E-state index is -4.84. The maximum absolute atomic E-state index is 12.5. The van der Waals surface area contributed by atoms with Gasteiger partial charge >= 0.3 is 6.18 Å². The number of allylic oxidation sites excluding steroid dienone is 4. The van der Waals surface area contributed by atoms with Crippen LogP contribution in [-0.2, 0) is 9.53 Å². The van der Waals surface area contributed by atoms with Gasteiger partial charge in [0.15, 0.2) is 0 Å². The van der Waals surface area contributed by atoms with Gasteiger partial charge in [0.25, 0.3) is 5.78 Å². The van der Waals surface area contributed by atoms with E-state index in [1.165, 1.54) is 6.08 Å². The predicted octanol–water partition coefficient (Wildman–Crippen LogP) is 4.14. The second kappa shape index (κ2) is 7.91. The molecule has 1 heterocycles. The highest BCUT2D eigenvalue weighted by atomic mass is 19.4.